The number of rotatable bonds is 5. The molecule has 2 unspecified atom stereocenters. The summed E-state index contributed by atoms with van der Waals surface area (Å²) in [6.45, 7) is 5.11. The second-order valence-corrected chi connectivity index (χ2v) is 6.08. The zero-order valence-electron chi connectivity index (χ0n) is 13.1. The summed E-state index contributed by atoms with van der Waals surface area (Å²) in [4.78, 5) is 13.6. The highest BCUT2D eigenvalue weighted by Gasteiger charge is 2.27. The fourth-order valence-electron chi connectivity index (χ4n) is 3.16. The number of carboxylic acids is 1. The van der Waals surface area contributed by atoms with Crippen LogP contribution in [0.2, 0.25) is 0 Å². The van der Waals surface area contributed by atoms with Crippen molar-refractivity contribution in [3.05, 3.63) is 35.4 Å². The highest BCUT2D eigenvalue weighted by atomic mass is 16.5. The van der Waals surface area contributed by atoms with Gasteiger partial charge in [-0.1, -0.05) is 18.2 Å². The number of hydrogen-bond donors (Lipinski definition) is 1. The Balaban J connectivity index is 1.95. The van der Waals surface area contributed by atoms with Gasteiger partial charge in [0.05, 0.1) is 17.8 Å². The summed E-state index contributed by atoms with van der Waals surface area (Å²) in [6, 6.07) is 7.78. The first kappa shape index (κ1) is 16.0. The van der Waals surface area contributed by atoms with Gasteiger partial charge in [-0.2, -0.15) is 0 Å². The highest BCUT2D eigenvalue weighted by molar-refractivity contribution is 5.89. The number of ether oxygens (including phenoxy) is 1. The summed E-state index contributed by atoms with van der Waals surface area (Å²) in [5, 5.41) is 9.22. The molecule has 2 rings (SSSR count). The molecule has 21 heavy (non-hydrogen) atoms. The Morgan fingerprint density at radius 2 is 1.90 bits per heavy atom. The lowest BCUT2D eigenvalue weighted by Crippen LogP contribution is -2.43. The van der Waals surface area contributed by atoms with E-state index in [1.165, 1.54) is 0 Å². The molecule has 1 aliphatic heterocycles. The third kappa shape index (κ3) is 4.29. The smallest absolute Gasteiger partial charge is 0.335 e. The number of nitrogens with zero attached hydrogens (tertiary/aromatic N) is 1. The minimum atomic E-state index is -0.846. The number of likely N-dealkylation sites (N-methyl/N-ethyl adjacent to an activating group) is 1. The molecule has 0 spiro atoms. The van der Waals surface area contributed by atoms with Gasteiger partial charge in [-0.25, -0.2) is 4.79 Å². The first-order valence-electron chi connectivity index (χ1n) is 7.64. The van der Waals surface area contributed by atoms with Gasteiger partial charge in [-0.05, 0) is 51.8 Å². The minimum Gasteiger partial charge on any atom is -0.478 e. The summed E-state index contributed by atoms with van der Waals surface area (Å²) < 4.78 is 5.78. The molecule has 4 heteroatoms. The van der Waals surface area contributed by atoms with Crippen LogP contribution in [0.25, 0.3) is 0 Å². The lowest BCUT2D eigenvalue weighted by atomic mass is 9.97. The fourth-order valence-corrected chi connectivity index (χ4v) is 3.16. The molecule has 1 aromatic carbocycles. The third-order valence-corrected chi connectivity index (χ3v) is 4.28. The van der Waals surface area contributed by atoms with Crippen LogP contribution in [0, 0.1) is 0 Å². The summed E-state index contributed by atoms with van der Waals surface area (Å²) in [7, 11) is 2.12. The van der Waals surface area contributed by atoms with E-state index < -0.39 is 5.97 Å². The van der Waals surface area contributed by atoms with Crippen LogP contribution >= 0.6 is 0 Å². The van der Waals surface area contributed by atoms with Gasteiger partial charge < -0.3 is 14.7 Å². The Morgan fingerprint density at radius 1 is 1.29 bits per heavy atom. The molecule has 0 aliphatic carbocycles. The Hall–Kier alpha value is -1.39. The number of aromatic carboxylic acids is 1. The number of hydrogen-bond acceptors (Lipinski definition) is 3. The predicted octanol–water partition coefficient (Wildman–Crippen LogP) is 2.82. The molecule has 0 aromatic heterocycles. The van der Waals surface area contributed by atoms with Gasteiger partial charge in [0.2, 0.25) is 0 Å². The molecular weight excluding hydrogens is 266 g/mol. The van der Waals surface area contributed by atoms with Gasteiger partial charge in [0.1, 0.15) is 0 Å². The maximum absolute atomic E-state index is 11.2. The van der Waals surface area contributed by atoms with Crippen molar-refractivity contribution in [2.75, 3.05) is 13.6 Å². The van der Waals surface area contributed by atoms with E-state index >= 15 is 0 Å². The van der Waals surface area contributed by atoms with Crippen LogP contribution in [0.5, 0.6) is 0 Å². The number of carbonyl (C=O) groups is 1. The second kappa shape index (κ2) is 7.05. The van der Waals surface area contributed by atoms with Crippen LogP contribution in [0.4, 0.5) is 0 Å². The van der Waals surface area contributed by atoms with Crippen molar-refractivity contribution in [1.82, 2.24) is 4.90 Å². The van der Waals surface area contributed by atoms with Crippen molar-refractivity contribution in [3.63, 3.8) is 0 Å². The van der Waals surface area contributed by atoms with E-state index in [-0.39, 0.29) is 0 Å². The molecule has 1 fully saturated rings. The van der Waals surface area contributed by atoms with Gasteiger partial charge in [0.25, 0.3) is 0 Å². The first-order valence-corrected chi connectivity index (χ1v) is 7.64. The molecule has 2 atom stereocenters. The van der Waals surface area contributed by atoms with Crippen molar-refractivity contribution < 1.29 is 14.6 Å². The van der Waals surface area contributed by atoms with Crippen LogP contribution in [-0.4, -0.2) is 47.8 Å². The molecule has 1 heterocycles. The Labute approximate surface area is 126 Å². The lowest BCUT2D eigenvalue weighted by Gasteiger charge is -2.37. The molecule has 0 radical (unpaired) electrons. The highest BCUT2D eigenvalue weighted by Crippen LogP contribution is 2.23. The van der Waals surface area contributed by atoms with E-state index in [1.807, 2.05) is 12.1 Å². The Kier molecular flexibility index (Phi) is 5.37. The average molecular weight is 291 g/mol. The Morgan fingerprint density at radius 3 is 2.52 bits per heavy atom. The van der Waals surface area contributed by atoms with Crippen molar-refractivity contribution in [2.45, 2.75) is 51.4 Å². The maximum Gasteiger partial charge on any atom is 0.335 e. The predicted molar refractivity (Wildman–Crippen MR) is 82.8 cm³/mol. The van der Waals surface area contributed by atoms with Crippen molar-refractivity contribution in [3.8, 4) is 0 Å². The maximum atomic E-state index is 11.2. The second-order valence-electron chi connectivity index (χ2n) is 6.08. The quantitative estimate of drug-likeness (QED) is 0.906. The van der Waals surface area contributed by atoms with Gasteiger partial charge in [0, 0.05) is 12.6 Å². The molecule has 116 valence electrons. The van der Waals surface area contributed by atoms with Gasteiger partial charge >= 0.3 is 5.97 Å². The summed E-state index contributed by atoms with van der Waals surface area (Å²) in [5.41, 5.74) is 1.32. The van der Waals surface area contributed by atoms with Crippen molar-refractivity contribution in [2.24, 2.45) is 0 Å². The van der Waals surface area contributed by atoms with Crippen LogP contribution in [-0.2, 0) is 11.2 Å². The summed E-state index contributed by atoms with van der Waals surface area (Å²) in [5.74, 6) is -0.846. The van der Waals surface area contributed by atoms with Gasteiger partial charge in [0.15, 0.2) is 0 Å². The lowest BCUT2D eigenvalue weighted by molar-refractivity contribution is -0.0610. The first-order chi connectivity index (χ1) is 9.97. The van der Waals surface area contributed by atoms with E-state index in [1.54, 1.807) is 12.1 Å². The van der Waals surface area contributed by atoms with E-state index in [9.17, 15) is 9.90 Å². The normalized spacial score (nSPS) is 26.0. The minimum absolute atomic E-state index is 0.299. The molecule has 0 bridgehead atoms. The third-order valence-electron chi connectivity index (χ3n) is 4.28. The Bertz CT molecular complexity index is 479. The SMILES string of the molecule is CC1CC(N(C)CCc2ccccc2C(=O)O)CC(C)O1. The van der Waals surface area contributed by atoms with E-state index in [0.29, 0.717) is 23.8 Å². The van der Waals surface area contributed by atoms with Crippen LogP contribution in [0.3, 0.4) is 0 Å². The van der Waals surface area contributed by atoms with Gasteiger partial charge in [-0.3, -0.25) is 0 Å². The topological polar surface area (TPSA) is 49.8 Å². The monoisotopic (exact) mass is 291 g/mol. The van der Waals surface area contributed by atoms with Crippen molar-refractivity contribution >= 4 is 5.97 Å². The fraction of sp³-hybridized carbons (Fsp3) is 0.588. The molecule has 1 aliphatic rings. The zero-order chi connectivity index (χ0) is 15.4. The molecule has 4 nitrogen and oxygen atoms in total. The van der Waals surface area contributed by atoms with E-state index in [4.69, 9.17) is 4.74 Å². The van der Waals surface area contributed by atoms with Crippen LogP contribution in [0.15, 0.2) is 24.3 Å². The van der Waals surface area contributed by atoms with Crippen molar-refractivity contribution in [1.29, 1.82) is 0 Å². The molecule has 1 aromatic rings. The molecular formula is C17H25NO3. The molecule has 0 amide bonds. The summed E-state index contributed by atoms with van der Waals surface area (Å²) in [6.07, 6.45) is 3.45. The van der Waals surface area contributed by atoms with Crippen LogP contribution < -0.4 is 0 Å². The summed E-state index contributed by atoms with van der Waals surface area (Å²) >= 11 is 0. The number of benzene rings is 1. The number of carboxylic acid groups (broad SMARTS) is 1. The molecule has 1 N–H and O–H groups in total. The zero-order valence-corrected chi connectivity index (χ0v) is 13.1. The van der Waals surface area contributed by atoms with Crippen LogP contribution in [0.1, 0.15) is 42.6 Å². The molecule has 1 saturated heterocycles. The standard InChI is InChI=1S/C17H25NO3/c1-12-10-15(11-13(2)21-12)18(3)9-8-14-6-4-5-7-16(14)17(19)20/h4-7,12-13,15H,8-11H2,1-3H3,(H,19,20). The average Bonchev–Trinajstić information content (AvgIpc) is 2.43. The molecule has 0 saturated carbocycles. The largest absolute Gasteiger partial charge is 0.478 e. The van der Waals surface area contributed by atoms with E-state index in [2.05, 4.69) is 25.8 Å². The van der Waals surface area contributed by atoms with Gasteiger partial charge in [-0.15, -0.1) is 0 Å². The van der Waals surface area contributed by atoms with E-state index in [0.717, 1.165) is 31.4 Å².